The van der Waals surface area contributed by atoms with Crippen LogP contribution in [0.5, 0.6) is 0 Å². The summed E-state index contributed by atoms with van der Waals surface area (Å²) in [5.74, 6) is 1.17. The van der Waals surface area contributed by atoms with Gasteiger partial charge in [-0.05, 0) is 12.0 Å². The maximum absolute atomic E-state index is 4.66. The molecule has 0 amide bonds. The van der Waals surface area contributed by atoms with Crippen molar-refractivity contribution in [3.8, 4) is 0 Å². The van der Waals surface area contributed by atoms with Crippen LogP contribution in [0.25, 0.3) is 0 Å². The third-order valence-corrected chi connectivity index (χ3v) is 4.22. The van der Waals surface area contributed by atoms with Gasteiger partial charge in [0, 0.05) is 51.9 Å². The van der Waals surface area contributed by atoms with E-state index in [0.29, 0.717) is 0 Å². The van der Waals surface area contributed by atoms with E-state index in [2.05, 4.69) is 51.4 Å². The van der Waals surface area contributed by atoms with Gasteiger partial charge in [-0.25, -0.2) is 0 Å². The number of rotatable bonds is 4. The zero-order chi connectivity index (χ0) is 13.8. The molecule has 0 aliphatic carbocycles. The predicted octanol–water partition coefficient (Wildman–Crippen LogP) is 0.826. The highest BCUT2D eigenvalue weighted by molar-refractivity contribution is 6.00. The van der Waals surface area contributed by atoms with Crippen molar-refractivity contribution in [2.75, 3.05) is 52.9 Å². The number of benzene rings is 1. The Bertz CT molecular complexity index is 477. The molecule has 1 fully saturated rings. The fourth-order valence-electron chi connectivity index (χ4n) is 2.99. The van der Waals surface area contributed by atoms with Crippen LogP contribution >= 0.6 is 0 Å². The Morgan fingerprint density at radius 3 is 2.70 bits per heavy atom. The molecule has 108 valence electrons. The minimum atomic E-state index is 0.929. The molecule has 20 heavy (non-hydrogen) atoms. The summed E-state index contributed by atoms with van der Waals surface area (Å²) in [4.78, 5) is 9.48. The minimum Gasteiger partial charge on any atom is -0.358 e. The van der Waals surface area contributed by atoms with Crippen LogP contribution in [0.2, 0.25) is 0 Å². The van der Waals surface area contributed by atoms with E-state index in [0.717, 1.165) is 39.1 Å². The number of aliphatic imine (C=N–C) groups is 1. The highest BCUT2D eigenvalue weighted by Crippen LogP contribution is 2.16. The first-order valence-corrected chi connectivity index (χ1v) is 7.61. The molecule has 0 unspecified atom stereocenters. The van der Waals surface area contributed by atoms with Crippen LogP contribution in [0.4, 0.5) is 0 Å². The number of nitrogens with one attached hydrogen (secondary N) is 1. The molecule has 0 radical (unpaired) electrons. The average molecular weight is 272 g/mol. The summed E-state index contributed by atoms with van der Waals surface area (Å²) in [6, 6.07) is 8.74. The van der Waals surface area contributed by atoms with Crippen molar-refractivity contribution in [3.63, 3.8) is 0 Å². The number of hydrogen-bond donors (Lipinski definition) is 1. The van der Waals surface area contributed by atoms with Gasteiger partial charge in [-0.2, -0.15) is 0 Å². The van der Waals surface area contributed by atoms with E-state index in [1.807, 2.05) is 0 Å². The largest absolute Gasteiger partial charge is 0.358 e. The zero-order valence-electron chi connectivity index (χ0n) is 12.3. The first-order chi connectivity index (χ1) is 9.84. The summed E-state index contributed by atoms with van der Waals surface area (Å²) in [6.07, 6.45) is 1.11. The predicted molar refractivity (Wildman–Crippen MR) is 83.5 cm³/mol. The Hall–Kier alpha value is -1.39. The Morgan fingerprint density at radius 1 is 1.15 bits per heavy atom. The minimum absolute atomic E-state index is 0.929. The van der Waals surface area contributed by atoms with E-state index in [1.165, 1.54) is 30.1 Å². The molecule has 0 spiro atoms. The lowest BCUT2D eigenvalue weighted by Crippen LogP contribution is -2.44. The standard InChI is InChI=1S/C16H24N4/c1-19-11-9-18-16(19)15-5-3-2-4-14(15)6-10-20-12-7-17-8-13-20/h2-5,17H,6-13H2,1H3. The number of hydrogen-bond acceptors (Lipinski definition) is 4. The van der Waals surface area contributed by atoms with Gasteiger partial charge in [0.1, 0.15) is 5.84 Å². The summed E-state index contributed by atoms with van der Waals surface area (Å²) in [6.45, 7) is 7.70. The molecule has 3 rings (SSSR count). The lowest BCUT2D eigenvalue weighted by molar-refractivity contribution is 0.244. The van der Waals surface area contributed by atoms with E-state index in [4.69, 9.17) is 0 Å². The first-order valence-electron chi connectivity index (χ1n) is 7.61. The SMILES string of the molecule is CN1CCN=C1c1ccccc1CCN1CCNCC1. The van der Waals surface area contributed by atoms with Crippen LogP contribution in [-0.4, -0.2) is 68.5 Å². The third-order valence-electron chi connectivity index (χ3n) is 4.22. The smallest absolute Gasteiger partial charge is 0.131 e. The van der Waals surface area contributed by atoms with Gasteiger partial charge in [0.25, 0.3) is 0 Å². The van der Waals surface area contributed by atoms with E-state index < -0.39 is 0 Å². The van der Waals surface area contributed by atoms with Crippen LogP contribution < -0.4 is 5.32 Å². The molecule has 0 bridgehead atoms. The summed E-state index contributed by atoms with van der Waals surface area (Å²) in [5.41, 5.74) is 2.75. The monoisotopic (exact) mass is 272 g/mol. The normalized spacial score (nSPS) is 20.2. The number of nitrogens with zero attached hydrogens (tertiary/aromatic N) is 3. The number of likely N-dealkylation sites (N-methyl/N-ethyl adjacent to an activating group) is 1. The van der Waals surface area contributed by atoms with Crippen LogP contribution in [0.3, 0.4) is 0 Å². The Morgan fingerprint density at radius 2 is 1.95 bits per heavy atom. The van der Waals surface area contributed by atoms with Crippen molar-refractivity contribution in [1.29, 1.82) is 0 Å². The molecule has 0 saturated carbocycles. The molecule has 1 N–H and O–H groups in total. The fraction of sp³-hybridized carbons (Fsp3) is 0.562. The second-order valence-electron chi connectivity index (χ2n) is 5.63. The maximum Gasteiger partial charge on any atom is 0.131 e. The molecule has 0 atom stereocenters. The second kappa shape index (κ2) is 6.37. The Balaban J connectivity index is 1.69. The van der Waals surface area contributed by atoms with Gasteiger partial charge in [-0.1, -0.05) is 24.3 Å². The number of amidine groups is 1. The van der Waals surface area contributed by atoms with Crippen LogP contribution in [-0.2, 0) is 6.42 Å². The van der Waals surface area contributed by atoms with E-state index in [1.54, 1.807) is 0 Å². The van der Waals surface area contributed by atoms with Gasteiger partial charge in [0.05, 0.1) is 6.54 Å². The summed E-state index contributed by atoms with van der Waals surface area (Å²) >= 11 is 0. The number of piperazine rings is 1. The Labute approximate surface area is 121 Å². The van der Waals surface area contributed by atoms with E-state index >= 15 is 0 Å². The first kappa shape index (κ1) is 13.6. The van der Waals surface area contributed by atoms with E-state index in [-0.39, 0.29) is 0 Å². The van der Waals surface area contributed by atoms with Crippen molar-refractivity contribution >= 4 is 5.84 Å². The van der Waals surface area contributed by atoms with Crippen molar-refractivity contribution in [3.05, 3.63) is 35.4 Å². The zero-order valence-corrected chi connectivity index (χ0v) is 12.3. The molecular formula is C16H24N4. The molecular weight excluding hydrogens is 248 g/mol. The van der Waals surface area contributed by atoms with Crippen molar-refractivity contribution < 1.29 is 0 Å². The topological polar surface area (TPSA) is 30.9 Å². The summed E-state index contributed by atoms with van der Waals surface area (Å²) in [5, 5.41) is 3.41. The van der Waals surface area contributed by atoms with Gasteiger partial charge in [0.2, 0.25) is 0 Å². The quantitative estimate of drug-likeness (QED) is 0.881. The second-order valence-corrected chi connectivity index (χ2v) is 5.63. The Kier molecular flexibility index (Phi) is 4.33. The van der Waals surface area contributed by atoms with Gasteiger partial charge in [-0.15, -0.1) is 0 Å². The molecule has 2 aliphatic heterocycles. The highest BCUT2D eigenvalue weighted by atomic mass is 15.2. The molecule has 2 heterocycles. The molecule has 4 heteroatoms. The van der Waals surface area contributed by atoms with Crippen LogP contribution in [0, 0.1) is 0 Å². The molecule has 2 aliphatic rings. The molecule has 0 aromatic heterocycles. The average Bonchev–Trinajstić information content (AvgIpc) is 2.92. The van der Waals surface area contributed by atoms with Gasteiger partial charge >= 0.3 is 0 Å². The van der Waals surface area contributed by atoms with Crippen molar-refractivity contribution in [2.24, 2.45) is 4.99 Å². The molecule has 1 aromatic rings. The maximum atomic E-state index is 4.66. The highest BCUT2D eigenvalue weighted by Gasteiger charge is 2.18. The van der Waals surface area contributed by atoms with Gasteiger partial charge in [0.15, 0.2) is 0 Å². The van der Waals surface area contributed by atoms with Crippen LogP contribution in [0.15, 0.2) is 29.3 Å². The summed E-state index contributed by atoms with van der Waals surface area (Å²) in [7, 11) is 2.14. The van der Waals surface area contributed by atoms with Gasteiger partial charge in [-0.3, -0.25) is 4.99 Å². The van der Waals surface area contributed by atoms with Crippen LogP contribution in [0.1, 0.15) is 11.1 Å². The molecule has 4 nitrogen and oxygen atoms in total. The van der Waals surface area contributed by atoms with Crippen molar-refractivity contribution in [1.82, 2.24) is 15.1 Å². The molecule has 1 saturated heterocycles. The van der Waals surface area contributed by atoms with Gasteiger partial charge < -0.3 is 15.1 Å². The molecule has 1 aromatic carbocycles. The fourth-order valence-corrected chi connectivity index (χ4v) is 2.99. The van der Waals surface area contributed by atoms with E-state index in [9.17, 15) is 0 Å². The lowest BCUT2D eigenvalue weighted by atomic mass is 10.0. The summed E-state index contributed by atoms with van der Waals surface area (Å²) < 4.78 is 0. The third kappa shape index (κ3) is 3.02. The lowest BCUT2D eigenvalue weighted by Gasteiger charge is -2.27. The van der Waals surface area contributed by atoms with Crippen molar-refractivity contribution in [2.45, 2.75) is 6.42 Å².